The van der Waals surface area contributed by atoms with E-state index < -0.39 is 0 Å². The van der Waals surface area contributed by atoms with Crippen molar-refractivity contribution in [1.82, 2.24) is 15.1 Å². The Morgan fingerprint density at radius 2 is 1.58 bits per heavy atom. The van der Waals surface area contributed by atoms with Gasteiger partial charge in [-0.1, -0.05) is 30.3 Å². The first kappa shape index (κ1) is 22.7. The van der Waals surface area contributed by atoms with Gasteiger partial charge in [-0.15, -0.1) is 0 Å². The maximum absolute atomic E-state index is 12.6. The number of carbonyl (C=O) groups is 3. The zero-order valence-corrected chi connectivity index (χ0v) is 18.1. The summed E-state index contributed by atoms with van der Waals surface area (Å²) in [6.45, 7) is 7.23. The topological polar surface area (TPSA) is 81.8 Å². The van der Waals surface area contributed by atoms with Crippen LogP contribution in [-0.2, 0) is 16.1 Å². The molecule has 1 aliphatic heterocycles. The summed E-state index contributed by atoms with van der Waals surface area (Å²) in [7, 11) is 0. The molecule has 164 valence electrons. The molecule has 1 atom stereocenters. The predicted octanol–water partition coefficient (Wildman–Crippen LogP) is 2.15. The van der Waals surface area contributed by atoms with Crippen molar-refractivity contribution < 1.29 is 14.4 Å². The molecule has 2 N–H and O–H groups in total. The smallest absolute Gasteiger partial charge is 0.241 e. The lowest BCUT2D eigenvalue weighted by Crippen LogP contribution is -2.54. The van der Waals surface area contributed by atoms with Crippen LogP contribution < -0.4 is 10.6 Å². The van der Waals surface area contributed by atoms with E-state index in [9.17, 15) is 14.4 Å². The molecule has 0 bridgehead atoms. The maximum atomic E-state index is 12.6. The standard InChI is InChI=1S/C24H30N4O3/c1-18(24(31)26-22-10-8-21(9-11-22)19(2)29)28-14-12-27(13-15-28)17-23(30)25-16-20-6-4-3-5-7-20/h3-11,18H,12-17H2,1-2H3,(H,25,30)(H,26,31). The summed E-state index contributed by atoms with van der Waals surface area (Å²) in [5.74, 6) is -0.0698. The van der Waals surface area contributed by atoms with Gasteiger partial charge in [-0.25, -0.2) is 0 Å². The van der Waals surface area contributed by atoms with Gasteiger partial charge in [-0.05, 0) is 43.7 Å². The van der Waals surface area contributed by atoms with Gasteiger partial charge in [-0.3, -0.25) is 24.2 Å². The SMILES string of the molecule is CC(=O)c1ccc(NC(=O)C(C)N2CCN(CC(=O)NCc3ccccc3)CC2)cc1. The summed E-state index contributed by atoms with van der Waals surface area (Å²) in [4.78, 5) is 40.4. The van der Waals surface area contributed by atoms with Crippen molar-refractivity contribution in [2.45, 2.75) is 26.4 Å². The highest BCUT2D eigenvalue weighted by atomic mass is 16.2. The fraction of sp³-hybridized carbons (Fsp3) is 0.375. The first-order valence-corrected chi connectivity index (χ1v) is 10.6. The predicted molar refractivity (Wildman–Crippen MR) is 121 cm³/mol. The van der Waals surface area contributed by atoms with E-state index in [0.717, 1.165) is 31.7 Å². The minimum absolute atomic E-state index is 0.00198. The van der Waals surface area contributed by atoms with Gasteiger partial charge >= 0.3 is 0 Å². The quantitative estimate of drug-likeness (QED) is 0.637. The molecule has 31 heavy (non-hydrogen) atoms. The van der Waals surface area contributed by atoms with Crippen LogP contribution in [0.15, 0.2) is 54.6 Å². The number of ketones is 1. The van der Waals surface area contributed by atoms with E-state index in [1.807, 2.05) is 37.3 Å². The first-order valence-electron chi connectivity index (χ1n) is 10.6. The van der Waals surface area contributed by atoms with Crippen molar-refractivity contribution in [2.24, 2.45) is 0 Å². The van der Waals surface area contributed by atoms with Gasteiger partial charge < -0.3 is 10.6 Å². The van der Waals surface area contributed by atoms with Gasteiger partial charge in [0, 0.05) is 44.0 Å². The second-order valence-electron chi connectivity index (χ2n) is 7.87. The first-order chi connectivity index (χ1) is 14.9. The summed E-state index contributed by atoms with van der Waals surface area (Å²) in [6.07, 6.45) is 0. The number of hydrogen-bond acceptors (Lipinski definition) is 5. The van der Waals surface area contributed by atoms with Crippen LogP contribution in [0, 0.1) is 0 Å². The molecule has 7 heteroatoms. The summed E-state index contributed by atoms with van der Waals surface area (Å²) >= 11 is 0. The van der Waals surface area contributed by atoms with E-state index in [4.69, 9.17) is 0 Å². The van der Waals surface area contributed by atoms with Crippen LogP contribution in [0.2, 0.25) is 0 Å². The Labute approximate surface area is 183 Å². The summed E-state index contributed by atoms with van der Waals surface area (Å²) in [5, 5.41) is 5.87. The fourth-order valence-electron chi connectivity index (χ4n) is 3.57. The second kappa shape index (κ2) is 10.8. The molecule has 0 aliphatic carbocycles. The molecule has 1 aliphatic rings. The Balaban J connectivity index is 1.40. The van der Waals surface area contributed by atoms with E-state index >= 15 is 0 Å². The molecule has 0 spiro atoms. The summed E-state index contributed by atoms with van der Waals surface area (Å²) in [5.41, 5.74) is 2.38. The van der Waals surface area contributed by atoms with Gasteiger partial charge in [0.1, 0.15) is 0 Å². The number of amides is 2. The van der Waals surface area contributed by atoms with Gasteiger partial charge in [0.05, 0.1) is 12.6 Å². The molecule has 1 heterocycles. The largest absolute Gasteiger partial charge is 0.351 e. The van der Waals surface area contributed by atoms with E-state index in [-0.39, 0.29) is 23.6 Å². The van der Waals surface area contributed by atoms with Gasteiger partial charge in [0.25, 0.3) is 0 Å². The number of nitrogens with zero attached hydrogens (tertiary/aromatic N) is 2. The Bertz CT molecular complexity index is 891. The van der Waals surface area contributed by atoms with Crippen LogP contribution >= 0.6 is 0 Å². The number of nitrogens with one attached hydrogen (secondary N) is 2. The Kier molecular flexibility index (Phi) is 7.92. The van der Waals surface area contributed by atoms with Crippen LogP contribution in [-0.4, -0.2) is 66.2 Å². The lowest BCUT2D eigenvalue weighted by atomic mass is 10.1. The van der Waals surface area contributed by atoms with Crippen LogP contribution in [0.25, 0.3) is 0 Å². The highest BCUT2D eigenvalue weighted by Gasteiger charge is 2.26. The maximum Gasteiger partial charge on any atom is 0.241 e. The van der Waals surface area contributed by atoms with Crippen LogP contribution in [0.4, 0.5) is 5.69 Å². The van der Waals surface area contributed by atoms with Crippen molar-refractivity contribution in [2.75, 3.05) is 38.0 Å². The monoisotopic (exact) mass is 422 g/mol. The van der Waals surface area contributed by atoms with Crippen molar-refractivity contribution in [3.63, 3.8) is 0 Å². The molecule has 1 unspecified atom stereocenters. The molecular formula is C24H30N4O3. The molecule has 2 amide bonds. The van der Waals surface area contributed by atoms with E-state index in [0.29, 0.717) is 24.3 Å². The minimum Gasteiger partial charge on any atom is -0.351 e. The van der Waals surface area contributed by atoms with Gasteiger partial charge in [0.15, 0.2) is 5.78 Å². The Morgan fingerprint density at radius 3 is 2.19 bits per heavy atom. The average molecular weight is 423 g/mol. The minimum atomic E-state index is -0.276. The molecule has 3 rings (SSSR count). The highest BCUT2D eigenvalue weighted by Crippen LogP contribution is 2.13. The molecule has 1 fully saturated rings. The molecule has 7 nitrogen and oxygen atoms in total. The zero-order chi connectivity index (χ0) is 22.2. The van der Waals surface area contributed by atoms with E-state index in [1.54, 1.807) is 24.3 Å². The van der Waals surface area contributed by atoms with Gasteiger partial charge in [0.2, 0.25) is 11.8 Å². The number of anilines is 1. The van der Waals surface area contributed by atoms with E-state index in [1.165, 1.54) is 6.92 Å². The molecule has 0 radical (unpaired) electrons. The number of benzene rings is 2. The number of carbonyl (C=O) groups excluding carboxylic acids is 3. The average Bonchev–Trinajstić information content (AvgIpc) is 2.79. The van der Waals surface area contributed by atoms with Crippen molar-refractivity contribution in [1.29, 1.82) is 0 Å². The third kappa shape index (κ3) is 6.73. The van der Waals surface area contributed by atoms with Crippen LogP contribution in [0.1, 0.15) is 29.8 Å². The van der Waals surface area contributed by atoms with Crippen molar-refractivity contribution >= 4 is 23.3 Å². The van der Waals surface area contributed by atoms with Gasteiger partial charge in [-0.2, -0.15) is 0 Å². The lowest BCUT2D eigenvalue weighted by molar-refractivity contribution is -0.124. The number of piperazine rings is 1. The number of hydrogen-bond donors (Lipinski definition) is 2. The fourth-order valence-corrected chi connectivity index (χ4v) is 3.57. The molecule has 1 saturated heterocycles. The van der Waals surface area contributed by atoms with E-state index in [2.05, 4.69) is 20.4 Å². The molecular weight excluding hydrogens is 392 g/mol. The Morgan fingerprint density at radius 1 is 0.935 bits per heavy atom. The van der Waals surface area contributed by atoms with Crippen molar-refractivity contribution in [3.05, 3.63) is 65.7 Å². The second-order valence-corrected chi connectivity index (χ2v) is 7.87. The molecule has 0 aromatic heterocycles. The third-order valence-electron chi connectivity index (χ3n) is 5.59. The summed E-state index contributed by atoms with van der Waals surface area (Å²) < 4.78 is 0. The Hall–Kier alpha value is -3.03. The third-order valence-corrected chi connectivity index (χ3v) is 5.59. The number of rotatable bonds is 8. The lowest BCUT2D eigenvalue weighted by Gasteiger charge is -2.37. The highest BCUT2D eigenvalue weighted by molar-refractivity contribution is 5.97. The van der Waals surface area contributed by atoms with Crippen molar-refractivity contribution in [3.8, 4) is 0 Å². The summed E-state index contributed by atoms with van der Waals surface area (Å²) in [6, 6.07) is 16.5. The normalized spacial score (nSPS) is 15.8. The molecule has 2 aromatic carbocycles. The molecule has 2 aromatic rings. The zero-order valence-electron chi connectivity index (χ0n) is 18.1. The van der Waals surface area contributed by atoms with Crippen LogP contribution in [0.5, 0.6) is 0 Å². The number of Topliss-reactive ketones (excluding diaryl/α,β-unsaturated/α-hetero) is 1. The van der Waals surface area contributed by atoms with Crippen LogP contribution in [0.3, 0.4) is 0 Å². The molecule has 0 saturated carbocycles.